The first kappa shape index (κ1) is 19.4. The molecule has 0 atom stereocenters. The minimum absolute atomic E-state index is 0.0956. The molecule has 2 N–H and O–H groups in total. The maximum absolute atomic E-state index is 12.4. The number of anilines is 1. The zero-order valence-corrected chi connectivity index (χ0v) is 15.9. The molecule has 1 aromatic carbocycles. The van der Waals surface area contributed by atoms with Gasteiger partial charge < -0.3 is 15.5 Å². The number of hydrogen-bond donors (Lipinski definition) is 2. The summed E-state index contributed by atoms with van der Waals surface area (Å²) >= 11 is 0. The number of carbonyl (C=O) groups is 3. The Hall–Kier alpha value is -2.41. The van der Waals surface area contributed by atoms with Crippen LogP contribution in [-0.2, 0) is 9.59 Å². The molecular formula is C20H28N4O3. The van der Waals surface area contributed by atoms with Crippen LogP contribution in [0.15, 0.2) is 24.3 Å². The van der Waals surface area contributed by atoms with E-state index in [1.807, 2.05) is 11.8 Å². The lowest BCUT2D eigenvalue weighted by Gasteiger charge is -2.21. The highest BCUT2D eigenvalue weighted by molar-refractivity contribution is 5.97. The van der Waals surface area contributed by atoms with Crippen LogP contribution in [0.4, 0.5) is 5.69 Å². The van der Waals surface area contributed by atoms with Crippen LogP contribution in [0.3, 0.4) is 0 Å². The summed E-state index contributed by atoms with van der Waals surface area (Å²) in [6.45, 7) is 5.07. The first-order valence-electron chi connectivity index (χ1n) is 9.76. The van der Waals surface area contributed by atoms with Crippen molar-refractivity contribution in [3.63, 3.8) is 0 Å². The highest BCUT2D eigenvalue weighted by atomic mass is 16.2. The second kappa shape index (κ2) is 8.99. The van der Waals surface area contributed by atoms with Crippen LogP contribution in [0.5, 0.6) is 0 Å². The lowest BCUT2D eigenvalue weighted by molar-refractivity contribution is -0.130. The fourth-order valence-corrected chi connectivity index (χ4v) is 3.24. The van der Waals surface area contributed by atoms with Gasteiger partial charge in [-0.15, -0.1) is 0 Å². The molecule has 1 heterocycles. The van der Waals surface area contributed by atoms with Crippen LogP contribution in [0.25, 0.3) is 0 Å². The van der Waals surface area contributed by atoms with Crippen LogP contribution in [0.2, 0.25) is 0 Å². The highest BCUT2D eigenvalue weighted by Gasteiger charge is 2.24. The van der Waals surface area contributed by atoms with Gasteiger partial charge in [0, 0.05) is 49.9 Å². The van der Waals surface area contributed by atoms with Crippen molar-refractivity contribution in [3.05, 3.63) is 29.8 Å². The van der Waals surface area contributed by atoms with Gasteiger partial charge in [0.2, 0.25) is 11.8 Å². The van der Waals surface area contributed by atoms with Crippen molar-refractivity contribution < 1.29 is 14.4 Å². The molecule has 3 rings (SSSR count). The Kier molecular flexibility index (Phi) is 6.45. The number of benzene rings is 1. The molecule has 0 spiro atoms. The first-order valence-corrected chi connectivity index (χ1v) is 9.76. The summed E-state index contributed by atoms with van der Waals surface area (Å²) in [5, 5.41) is 5.83. The van der Waals surface area contributed by atoms with Crippen molar-refractivity contribution in [2.75, 3.05) is 38.0 Å². The normalized spacial score (nSPS) is 17.9. The molecule has 1 aliphatic heterocycles. The van der Waals surface area contributed by atoms with Gasteiger partial charge in [-0.05, 0) is 37.5 Å². The number of nitrogens with one attached hydrogen (secondary N) is 2. The van der Waals surface area contributed by atoms with Gasteiger partial charge in [0.05, 0.1) is 6.54 Å². The molecule has 0 unspecified atom stereocenters. The molecule has 2 aliphatic rings. The molecule has 2 fully saturated rings. The van der Waals surface area contributed by atoms with E-state index in [1.165, 1.54) is 0 Å². The molecule has 146 valence electrons. The third-order valence-corrected chi connectivity index (χ3v) is 4.93. The Morgan fingerprint density at radius 2 is 1.93 bits per heavy atom. The summed E-state index contributed by atoms with van der Waals surface area (Å²) in [7, 11) is 0. The molecule has 7 heteroatoms. The smallest absolute Gasteiger partial charge is 0.251 e. The Morgan fingerprint density at radius 1 is 1.11 bits per heavy atom. The van der Waals surface area contributed by atoms with E-state index in [0.717, 1.165) is 32.4 Å². The van der Waals surface area contributed by atoms with E-state index in [1.54, 1.807) is 24.3 Å². The van der Waals surface area contributed by atoms with Crippen molar-refractivity contribution in [2.45, 2.75) is 38.6 Å². The van der Waals surface area contributed by atoms with Crippen molar-refractivity contribution in [2.24, 2.45) is 0 Å². The maximum atomic E-state index is 12.4. The zero-order chi connectivity index (χ0) is 19.2. The zero-order valence-electron chi connectivity index (χ0n) is 15.9. The molecule has 3 amide bonds. The number of rotatable bonds is 6. The Balaban J connectivity index is 1.50. The molecule has 0 radical (unpaired) electrons. The average Bonchev–Trinajstić information content (AvgIpc) is 3.49. The van der Waals surface area contributed by atoms with Crippen molar-refractivity contribution in [1.29, 1.82) is 0 Å². The third-order valence-electron chi connectivity index (χ3n) is 4.93. The standard InChI is InChI=1S/C20H28N4O3/c1-2-19(26)24-10-4-9-23(11-12-24)14-18(25)21-17-6-3-5-15(13-17)20(27)22-16-7-8-16/h3,5-6,13,16H,2,4,7-12,14H2,1H3,(H,21,25)(H,22,27). The van der Waals surface area contributed by atoms with E-state index in [2.05, 4.69) is 15.5 Å². The molecule has 1 saturated carbocycles. The SMILES string of the molecule is CCC(=O)N1CCCN(CC(=O)Nc2cccc(C(=O)NC3CC3)c2)CC1. The molecule has 0 bridgehead atoms. The van der Waals surface area contributed by atoms with Crippen LogP contribution in [0.1, 0.15) is 43.0 Å². The van der Waals surface area contributed by atoms with Gasteiger partial charge in [-0.3, -0.25) is 19.3 Å². The van der Waals surface area contributed by atoms with Crippen LogP contribution >= 0.6 is 0 Å². The lowest BCUT2D eigenvalue weighted by atomic mass is 10.2. The minimum atomic E-state index is -0.106. The molecule has 7 nitrogen and oxygen atoms in total. The van der Waals surface area contributed by atoms with Gasteiger partial charge in [-0.25, -0.2) is 0 Å². The van der Waals surface area contributed by atoms with Crippen LogP contribution < -0.4 is 10.6 Å². The van der Waals surface area contributed by atoms with E-state index in [4.69, 9.17) is 0 Å². The summed E-state index contributed by atoms with van der Waals surface area (Å²) in [6, 6.07) is 7.33. The van der Waals surface area contributed by atoms with E-state index >= 15 is 0 Å². The first-order chi connectivity index (χ1) is 13.0. The summed E-state index contributed by atoms with van der Waals surface area (Å²) in [4.78, 5) is 40.3. The highest BCUT2D eigenvalue weighted by Crippen LogP contribution is 2.20. The summed E-state index contributed by atoms with van der Waals surface area (Å²) in [6.07, 6.45) is 3.47. The lowest BCUT2D eigenvalue weighted by Crippen LogP contribution is -2.37. The summed E-state index contributed by atoms with van der Waals surface area (Å²) in [5.74, 6) is -0.0330. The summed E-state index contributed by atoms with van der Waals surface area (Å²) < 4.78 is 0. The van der Waals surface area contributed by atoms with Crippen molar-refractivity contribution in [3.8, 4) is 0 Å². The maximum Gasteiger partial charge on any atom is 0.251 e. The van der Waals surface area contributed by atoms with Gasteiger partial charge in [0.25, 0.3) is 5.91 Å². The molecular weight excluding hydrogens is 344 g/mol. The van der Waals surface area contributed by atoms with Gasteiger partial charge >= 0.3 is 0 Å². The fourth-order valence-electron chi connectivity index (χ4n) is 3.24. The number of carbonyl (C=O) groups excluding carboxylic acids is 3. The van der Waals surface area contributed by atoms with Crippen molar-refractivity contribution >= 4 is 23.4 Å². The van der Waals surface area contributed by atoms with E-state index in [0.29, 0.717) is 36.8 Å². The van der Waals surface area contributed by atoms with E-state index in [9.17, 15) is 14.4 Å². The van der Waals surface area contributed by atoms with E-state index in [-0.39, 0.29) is 24.3 Å². The van der Waals surface area contributed by atoms with E-state index < -0.39 is 0 Å². The largest absolute Gasteiger partial charge is 0.349 e. The second-order valence-corrected chi connectivity index (χ2v) is 7.24. The molecule has 1 saturated heterocycles. The summed E-state index contributed by atoms with van der Waals surface area (Å²) in [5.41, 5.74) is 1.18. The molecule has 1 aromatic rings. The predicted molar refractivity (Wildman–Crippen MR) is 103 cm³/mol. The van der Waals surface area contributed by atoms with Crippen molar-refractivity contribution in [1.82, 2.24) is 15.1 Å². The van der Waals surface area contributed by atoms with Crippen LogP contribution in [0, 0.1) is 0 Å². The van der Waals surface area contributed by atoms with Gasteiger partial charge in [-0.2, -0.15) is 0 Å². The van der Waals surface area contributed by atoms with Gasteiger partial charge in [-0.1, -0.05) is 13.0 Å². The quantitative estimate of drug-likeness (QED) is 0.792. The number of amides is 3. The van der Waals surface area contributed by atoms with Gasteiger partial charge in [0.1, 0.15) is 0 Å². The second-order valence-electron chi connectivity index (χ2n) is 7.24. The van der Waals surface area contributed by atoms with Crippen LogP contribution in [-0.4, -0.2) is 66.3 Å². The number of hydrogen-bond acceptors (Lipinski definition) is 4. The third kappa shape index (κ3) is 5.79. The molecule has 27 heavy (non-hydrogen) atoms. The topological polar surface area (TPSA) is 81.8 Å². The minimum Gasteiger partial charge on any atom is -0.349 e. The number of nitrogens with zero attached hydrogens (tertiary/aromatic N) is 2. The Bertz CT molecular complexity index is 702. The predicted octanol–water partition coefficient (Wildman–Crippen LogP) is 1.46. The average molecular weight is 372 g/mol. The van der Waals surface area contributed by atoms with Gasteiger partial charge in [0.15, 0.2) is 0 Å². The Morgan fingerprint density at radius 3 is 2.67 bits per heavy atom. The Labute approximate surface area is 160 Å². The molecule has 1 aliphatic carbocycles. The monoisotopic (exact) mass is 372 g/mol. The molecule has 0 aromatic heterocycles. The fraction of sp³-hybridized carbons (Fsp3) is 0.550.